The minimum atomic E-state index is -0.768. The van der Waals surface area contributed by atoms with E-state index in [0.29, 0.717) is 19.5 Å². The van der Waals surface area contributed by atoms with Gasteiger partial charge in [-0.15, -0.1) is 0 Å². The van der Waals surface area contributed by atoms with E-state index in [0.717, 1.165) is 23.0 Å². The van der Waals surface area contributed by atoms with Gasteiger partial charge in [0, 0.05) is 25.0 Å². The van der Waals surface area contributed by atoms with Crippen LogP contribution in [0.1, 0.15) is 20.3 Å². The number of hydrogen-bond acceptors (Lipinski definition) is 3. The van der Waals surface area contributed by atoms with Crippen molar-refractivity contribution in [2.45, 2.75) is 20.3 Å². The topological polar surface area (TPSA) is 60.9 Å². The van der Waals surface area contributed by atoms with Gasteiger partial charge in [0.15, 0.2) is 0 Å². The highest BCUT2D eigenvalue weighted by Gasteiger charge is 2.31. The third-order valence-electron chi connectivity index (χ3n) is 5.12. The first-order chi connectivity index (χ1) is 12.5. The maximum atomic E-state index is 13.0. The van der Waals surface area contributed by atoms with Crippen molar-refractivity contribution in [1.82, 2.24) is 4.90 Å². The summed E-state index contributed by atoms with van der Waals surface area (Å²) in [5.41, 5.74) is 0.912. The molecule has 26 heavy (non-hydrogen) atoms. The number of hydrogen-bond donors (Lipinski definition) is 1. The van der Waals surface area contributed by atoms with E-state index in [1.165, 1.54) is 0 Å². The number of likely N-dealkylation sites (tertiary alicyclic amines) is 1. The minimum absolute atomic E-state index is 0.0158. The summed E-state index contributed by atoms with van der Waals surface area (Å²) < 4.78 is 0. The number of amides is 1. The van der Waals surface area contributed by atoms with Gasteiger partial charge in [0.25, 0.3) is 0 Å². The number of likely N-dealkylation sites (N-methyl/N-ethyl adjacent to an activating group) is 1. The number of carbonyl (C=O) groups excluding carboxylic acids is 1. The second-order valence-corrected chi connectivity index (χ2v) is 7.21. The third kappa shape index (κ3) is 3.88. The van der Waals surface area contributed by atoms with Crippen LogP contribution in [0.4, 0.5) is 5.69 Å². The van der Waals surface area contributed by atoms with E-state index < -0.39 is 5.97 Å². The van der Waals surface area contributed by atoms with E-state index in [9.17, 15) is 14.7 Å². The molecule has 0 bridgehead atoms. The van der Waals surface area contributed by atoms with Crippen LogP contribution < -0.4 is 4.90 Å². The quantitative estimate of drug-likeness (QED) is 0.895. The van der Waals surface area contributed by atoms with Gasteiger partial charge < -0.3 is 10.0 Å². The molecule has 2 unspecified atom stereocenters. The lowest BCUT2D eigenvalue weighted by Crippen LogP contribution is -2.47. The van der Waals surface area contributed by atoms with E-state index in [1.807, 2.05) is 54.3 Å². The molecule has 5 heteroatoms. The van der Waals surface area contributed by atoms with E-state index in [1.54, 1.807) is 4.90 Å². The molecule has 138 valence electrons. The maximum absolute atomic E-state index is 13.0. The Bertz CT molecular complexity index is 799. The molecule has 1 aliphatic heterocycles. The Morgan fingerprint density at radius 3 is 2.62 bits per heavy atom. The minimum Gasteiger partial charge on any atom is -0.481 e. The molecule has 5 nitrogen and oxygen atoms in total. The van der Waals surface area contributed by atoms with Crippen LogP contribution in [0.5, 0.6) is 0 Å². The largest absolute Gasteiger partial charge is 0.481 e. The van der Waals surface area contributed by atoms with Crippen molar-refractivity contribution in [3.63, 3.8) is 0 Å². The Kier molecular flexibility index (Phi) is 5.57. The lowest BCUT2D eigenvalue weighted by molar-refractivity contribution is -0.145. The van der Waals surface area contributed by atoms with Crippen LogP contribution in [0.3, 0.4) is 0 Å². The van der Waals surface area contributed by atoms with Crippen molar-refractivity contribution in [3.8, 4) is 0 Å². The Morgan fingerprint density at radius 2 is 1.88 bits per heavy atom. The van der Waals surface area contributed by atoms with Crippen molar-refractivity contribution in [2.75, 3.05) is 31.1 Å². The summed E-state index contributed by atoms with van der Waals surface area (Å²) in [4.78, 5) is 28.2. The number of aliphatic carboxylic acids is 1. The average molecular weight is 354 g/mol. The van der Waals surface area contributed by atoms with Gasteiger partial charge in [-0.2, -0.15) is 0 Å². The van der Waals surface area contributed by atoms with E-state index >= 15 is 0 Å². The van der Waals surface area contributed by atoms with Gasteiger partial charge in [0.2, 0.25) is 5.91 Å². The molecule has 1 heterocycles. The van der Waals surface area contributed by atoms with Crippen LogP contribution in [-0.4, -0.2) is 48.1 Å². The molecule has 1 aliphatic rings. The van der Waals surface area contributed by atoms with Crippen molar-refractivity contribution >= 4 is 28.3 Å². The highest BCUT2D eigenvalue weighted by Crippen LogP contribution is 2.27. The molecular formula is C21H26N2O3. The predicted molar refractivity (Wildman–Crippen MR) is 103 cm³/mol. The molecule has 1 fully saturated rings. The average Bonchev–Trinajstić information content (AvgIpc) is 2.62. The van der Waals surface area contributed by atoms with Crippen LogP contribution in [0.25, 0.3) is 10.8 Å². The zero-order valence-electron chi connectivity index (χ0n) is 15.4. The molecule has 2 atom stereocenters. The fraction of sp³-hybridized carbons (Fsp3) is 0.429. The predicted octanol–water partition coefficient (Wildman–Crippen LogP) is 3.24. The van der Waals surface area contributed by atoms with E-state index in [2.05, 4.69) is 6.92 Å². The maximum Gasteiger partial charge on any atom is 0.307 e. The Morgan fingerprint density at radius 1 is 1.15 bits per heavy atom. The van der Waals surface area contributed by atoms with Gasteiger partial charge in [0.05, 0.1) is 18.2 Å². The number of carbonyl (C=O) groups is 2. The molecule has 1 saturated heterocycles. The number of carboxylic acid groups (broad SMARTS) is 1. The number of nitrogens with zero attached hydrogens (tertiary/aromatic N) is 2. The van der Waals surface area contributed by atoms with Crippen molar-refractivity contribution in [3.05, 3.63) is 42.5 Å². The van der Waals surface area contributed by atoms with Crippen LogP contribution in [0.15, 0.2) is 42.5 Å². The monoisotopic (exact) mass is 354 g/mol. The molecule has 1 amide bonds. The molecule has 0 saturated carbocycles. The van der Waals surface area contributed by atoms with Crippen molar-refractivity contribution < 1.29 is 14.7 Å². The second-order valence-electron chi connectivity index (χ2n) is 7.21. The van der Waals surface area contributed by atoms with Gasteiger partial charge in [-0.25, -0.2) is 0 Å². The fourth-order valence-electron chi connectivity index (χ4n) is 3.97. The number of rotatable bonds is 5. The van der Waals surface area contributed by atoms with Gasteiger partial charge >= 0.3 is 5.97 Å². The summed E-state index contributed by atoms with van der Waals surface area (Å²) in [5.74, 6) is -0.859. The summed E-state index contributed by atoms with van der Waals surface area (Å²) in [5, 5.41) is 11.5. The van der Waals surface area contributed by atoms with Gasteiger partial charge in [0.1, 0.15) is 0 Å². The normalized spacial score (nSPS) is 20.8. The summed E-state index contributed by atoms with van der Waals surface area (Å²) in [6.45, 7) is 6.07. The molecule has 2 aromatic rings. The van der Waals surface area contributed by atoms with Crippen molar-refractivity contribution in [1.29, 1.82) is 0 Å². The highest BCUT2D eigenvalue weighted by molar-refractivity contribution is 6.04. The number of benzene rings is 2. The molecule has 0 aromatic heterocycles. The van der Waals surface area contributed by atoms with Gasteiger partial charge in [-0.1, -0.05) is 43.3 Å². The summed E-state index contributed by atoms with van der Waals surface area (Å²) in [6, 6.07) is 14.0. The zero-order valence-corrected chi connectivity index (χ0v) is 15.4. The van der Waals surface area contributed by atoms with E-state index in [4.69, 9.17) is 0 Å². The van der Waals surface area contributed by atoms with E-state index in [-0.39, 0.29) is 24.3 Å². The third-order valence-corrected chi connectivity index (χ3v) is 5.12. The molecule has 0 spiro atoms. The first-order valence-electron chi connectivity index (χ1n) is 9.23. The van der Waals surface area contributed by atoms with Crippen LogP contribution >= 0.6 is 0 Å². The fourth-order valence-corrected chi connectivity index (χ4v) is 3.97. The zero-order chi connectivity index (χ0) is 18.7. The Labute approximate surface area is 154 Å². The summed E-state index contributed by atoms with van der Waals surface area (Å²) in [7, 11) is 0. The standard InChI is InChI=1S/C21H26N2O3/c1-3-23(19-10-6-8-16-7-4-5-9-18(16)19)20(24)14-22-12-15(2)11-17(13-22)21(25)26/h4-10,15,17H,3,11-14H2,1-2H3,(H,25,26). The summed E-state index contributed by atoms with van der Waals surface area (Å²) in [6.07, 6.45) is 0.681. The SMILES string of the molecule is CCN(C(=O)CN1CC(C)CC(C(=O)O)C1)c1cccc2ccccc12. The molecule has 0 radical (unpaired) electrons. The second kappa shape index (κ2) is 7.87. The lowest BCUT2D eigenvalue weighted by Gasteiger charge is -2.35. The molecule has 1 N–H and O–H groups in total. The van der Waals surface area contributed by atoms with Gasteiger partial charge in [-0.05, 0) is 30.7 Å². The van der Waals surface area contributed by atoms with Crippen molar-refractivity contribution in [2.24, 2.45) is 11.8 Å². The first kappa shape index (κ1) is 18.4. The van der Waals surface area contributed by atoms with Crippen LogP contribution in [0.2, 0.25) is 0 Å². The number of carboxylic acids is 1. The van der Waals surface area contributed by atoms with Gasteiger partial charge in [-0.3, -0.25) is 14.5 Å². The molecular weight excluding hydrogens is 328 g/mol. The molecule has 0 aliphatic carbocycles. The van der Waals surface area contributed by atoms with Crippen LogP contribution in [-0.2, 0) is 9.59 Å². The molecule has 2 aromatic carbocycles. The summed E-state index contributed by atoms with van der Waals surface area (Å²) >= 11 is 0. The van der Waals surface area contributed by atoms with Crippen LogP contribution in [0, 0.1) is 11.8 Å². The number of fused-ring (bicyclic) bond motifs is 1. The first-order valence-corrected chi connectivity index (χ1v) is 9.23. The Hall–Kier alpha value is -2.40. The lowest BCUT2D eigenvalue weighted by atomic mass is 9.90. The number of piperidine rings is 1. The highest BCUT2D eigenvalue weighted by atomic mass is 16.4. The Balaban J connectivity index is 1.80. The molecule has 3 rings (SSSR count). The number of anilines is 1. The smallest absolute Gasteiger partial charge is 0.307 e.